The van der Waals surface area contributed by atoms with Crippen molar-refractivity contribution >= 4 is 26.1 Å². The molecule has 0 aromatic carbocycles. The van der Waals surface area contributed by atoms with E-state index in [2.05, 4.69) is 20.7 Å². The van der Waals surface area contributed by atoms with Crippen molar-refractivity contribution in [3.05, 3.63) is 0 Å². The zero-order chi connectivity index (χ0) is 13.8. The molecule has 108 valence electrons. The van der Waals surface area contributed by atoms with Gasteiger partial charge in [0.05, 0.1) is 0 Å². The maximum absolute atomic E-state index is 12.5. The minimum absolute atomic E-state index is 0.109. The van der Waals surface area contributed by atoms with E-state index in [1.165, 1.54) is 0 Å². The first-order chi connectivity index (χ1) is 8.40. The maximum atomic E-state index is 12.5. The molecule has 1 aliphatic heterocycles. The van der Waals surface area contributed by atoms with E-state index < -0.39 is 10.2 Å². The monoisotopic (exact) mass is 340 g/mol. The Bertz CT molecular complexity index is 347. The molecule has 1 N–H and O–H groups in total. The topological polar surface area (TPSA) is 49.4 Å². The van der Waals surface area contributed by atoms with Gasteiger partial charge >= 0.3 is 0 Å². The normalized spacial score (nSPS) is 23.2. The van der Waals surface area contributed by atoms with E-state index in [0.717, 1.165) is 32.1 Å². The summed E-state index contributed by atoms with van der Waals surface area (Å²) in [6.45, 7) is 6.67. The fourth-order valence-electron chi connectivity index (χ4n) is 2.37. The summed E-state index contributed by atoms with van der Waals surface area (Å²) in [6.07, 6.45) is 4.62. The summed E-state index contributed by atoms with van der Waals surface area (Å²) >= 11 is 3.44. The van der Waals surface area contributed by atoms with Crippen LogP contribution in [-0.4, -0.2) is 36.2 Å². The van der Waals surface area contributed by atoms with E-state index in [4.69, 9.17) is 0 Å². The number of nitrogens with one attached hydrogen (secondary N) is 1. The molecule has 1 rings (SSSR count). The van der Waals surface area contributed by atoms with Crippen LogP contribution >= 0.6 is 15.9 Å². The molecule has 1 atom stereocenters. The van der Waals surface area contributed by atoms with Crippen LogP contribution in [0.3, 0.4) is 0 Å². The van der Waals surface area contributed by atoms with E-state index in [1.807, 2.05) is 20.8 Å². The molecule has 18 heavy (non-hydrogen) atoms. The Balaban J connectivity index is 2.86. The number of alkyl halides is 1. The molecule has 0 aliphatic carbocycles. The summed E-state index contributed by atoms with van der Waals surface area (Å²) in [6, 6.07) is 0.109. The lowest BCUT2D eigenvalue weighted by molar-refractivity contribution is 0.257. The van der Waals surface area contributed by atoms with Crippen LogP contribution in [0.5, 0.6) is 0 Å². The Hall–Kier alpha value is 0.350. The molecular weight excluding hydrogens is 316 g/mol. The van der Waals surface area contributed by atoms with Crippen molar-refractivity contribution in [2.75, 3.05) is 11.9 Å². The molecule has 0 radical (unpaired) electrons. The van der Waals surface area contributed by atoms with Crippen LogP contribution in [-0.2, 0) is 10.2 Å². The van der Waals surface area contributed by atoms with Crippen LogP contribution in [0.15, 0.2) is 0 Å². The van der Waals surface area contributed by atoms with Crippen molar-refractivity contribution < 1.29 is 8.42 Å². The zero-order valence-corrected chi connectivity index (χ0v) is 14.0. The van der Waals surface area contributed by atoms with Gasteiger partial charge in [-0.05, 0) is 32.6 Å². The third-order valence-electron chi connectivity index (χ3n) is 4.01. The highest BCUT2D eigenvalue weighted by molar-refractivity contribution is 9.09. The first kappa shape index (κ1) is 16.4. The molecule has 1 aliphatic rings. The van der Waals surface area contributed by atoms with Crippen molar-refractivity contribution in [1.29, 1.82) is 0 Å². The minimum atomic E-state index is -3.37. The predicted octanol–water partition coefficient (Wildman–Crippen LogP) is 2.65. The first-order valence-electron chi connectivity index (χ1n) is 6.77. The third-order valence-corrected chi connectivity index (χ3v) is 6.93. The molecule has 0 aromatic rings. The number of hydrogen-bond donors (Lipinski definition) is 1. The highest BCUT2D eigenvalue weighted by Gasteiger charge is 2.36. The van der Waals surface area contributed by atoms with Gasteiger partial charge in [-0.1, -0.05) is 36.2 Å². The lowest BCUT2D eigenvalue weighted by Crippen LogP contribution is -2.56. The summed E-state index contributed by atoms with van der Waals surface area (Å²) in [7, 11) is -3.37. The van der Waals surface area contributed by atoms with E-state index in [9.17, 15) is 8.42 Å². The van der Waals surface area contributed by atoms with Crippen molar-refractivity contribution in [3.63, 3.8) is 0 Å². The molecule has 0 spiro atoms. The van der Waals surface area contributed by atoms with Crippen molar-refractivity contribution in [3.8, 4) is 0 Å². The second-order valence-electron chi connectivity index (χ2n) is 5.18. The average molecular weight is 341 g/mol. The lowest BCUT2D eigenvalue weighted by atomic mass is 9.97. The molecule has 0 aromatic heterocycles. The van der Waals surface area contributed by atoms with Gasteiger partial charge in [0.25, 0.3) is 10.2 Å². The van der Waals surface area contributed by atoms with Crippen molar-refractivity contribution in [2.24, 2.45) is 0 Å². The van der Waals surface area contributed by atoms with Gasteiger partial charge in [-0.3, -0.25) is 0 Å². The number of nitrogens with zero attached hydrogens (tertiary/aromatic N) is 1. The Morgan fingerprint density at radius 2 is 1.94 bits per heavy atom. The fraction of sp³-hybridized carbons (Fsp3) is 1.00. The number of hydrogen-bond acceptors (Lipinski definition) is 2. The van der Waals surface area contributed by atoms with Crippen LogP contribution in [0, 0.1) is 0 Å². The van der Waals surface area contributed by atoms with Gasteiger partial charge < -0.3 is 0 Å². The largest absolute Gasteiger partial charge is 0.280 e. The fourth-order valence-corrected chi connectivity index (χ4v) is 5.46. The summed E-state index contributed by atoms with van der Waals surface area (Å²) in [5.41, 5.74) is -0.365. The molecule has 0 bridgehead atoms. The van der Waals surface area contributed by atoms with Crippen molar-refractivity contribution in [2.45, 2.75) is 64.5 Å². The Labute approximate surface area is 120 Å². The van der Waals surface area contributed by atoms with Gasteiger partial charge in [-0.25, -0.2) is 0 Å². The standard InChI is InChI=1S/C12H25BrN2O2S/c1-4-12(5-2,10-13)14-18(16,17)15-9-7-6-8-11(15)3/h11,14H,4-10H2,1-3H3. The van der Waals surface area contributed by atoms with Gasteiger partial charge in [0.2, 0.25) is 0 Å². The number of piperidine rings is 1. The highest BCUT2D eigenvalue weighted by atomic mass is 79.9. The third kappa shape index (κ3) is 3.68. The minimum Gasteiger partial charge on any atom is -0.195 e. The van der Waals surface area contributed by atoms with E-state index in [1.54, 1.807) is 4.31 Å². The molecule has 4 nitrogen and oxygen atoms in total. The molecular formula is C12H25BrN2O2S. The van der Waals surface area contributed by atoms with E-state index in [0.29, 0.717) is 11.9 Å². The van der Waals surface area contributed by atoms with Crippen LogP contribution < -0.4 is 4.72 Å². The summed E-state index contributed by atoms with van der Waals surface area (Å²) in [5, 5.41) is 0.647. The first-order valence-corrected chi connectivity index (χ1v) is 9.33. The SMILES string of the molecule is CCC(CC)(CBr)NS(=O)(=O)N1CCCCC1C. The molecule has 1 heterocycles. The van der Waals surface area contributed by atoms with Crippen LogP contribution in [0.2, 0.25) is 0 Å². The summed E-state index contributed by atoms with van der Waals surface area (Å²) in [5.74, 6) is 0. The molecule has 1 fully saturated rings. The number of halogens is 1. The Morgan fingerprint density at radius 3 is 2.39 bits per heavy atom. The average Bonchev–Trinajstić information content (AvgIpc) is 2.36. The van der Waals surface area contributed by atoms with Crippen LogP contribution in [0.4, 0.5) is 0 Å². The van der Waals surface area contributed by atoms with E-state index >= 15 is 0 Å². The second kappa shape index (κ2) is 6.68. The molecule has 6 heteroatoms. The smallest absolute Gasteiger partial charge is 0.195 e. The maximum Gasteiger partial charge on any atom is 0.280 e. The van der Waals surface area contributed by atoms with Gasteiger partial charge in [-0.2, -0.15) is 17.4 Å². The molecule has 0 amide bonds. The number of rotatable bonds is 6. The zero-order valence-electron chi connectivity index (χ0n) is 11.6. The summed E-state index contributed by atoms with van der Waals surface area (Å²) in [4.78, 5) is 0. The van der Waals surface area contributed by atoms with Gasteiger partial charge in [0.1, 0.15) is 0 Å². The van der Waals surface area contributed by atoms with Gasteiger partial charge in [-0.15, -0.1) is 0 Å². The lowest BCUT2D eigenvalue weighted by Gasteiger charge is -2.37. The quantitative estimate of drug-likeness (QED) is 0.755. The molecule has 0 saturated carbocycles. The van der Waals surface area contributed by atoms with Crippen LogP contribution in [0.1, 0.15) is 52.9 Å². The summed E-state index contributed by atoms with van der Waals surface area (Å²) < 4.78 is 29.5. The van der Waals surface area contributed by atoms with Gasteiger partial charge in [0, 0.05) is 23.5 Å². The second-order valence-corrected chi connectivity index (χ2v) is 7.37. The molecule has 1 saturated heterocycles. The van der Waals surface area contributed by atoms with E-state index in [-0.39, 0.29) is 11.6 Å². The Kier molecular flexibility index (Phi) is 6.09. The van der Waals surface area contributed by atoms with Crippen molar-refractivity contribution in [1.82, 2.24) is 9.03 Å². The highest BCUT2D eigenvalue weighted by Crippen LogP contribution is 2.24. The van der Waals surface area contributed by atoms with Gasteiger partial charge in [0.15, 0.2) is 0 Å². The predicted molar refractivity (Wildman–Crippen MR) is 79.2 cm³/mol. The van der Waals surface area contributed by atoms with Crippen LogP contribution in [0.25, 0.3) is 0 Å². The molecule has 1 unspecified atom stereocenters. The Morgan fingerprint density at radius 1 is 1.33 bits per heavy atom.